The highest BCUT2D eigenvalue weighted by atomic mass is 32.2. The van der Waals surface area contributed by atoms with Gasteiger partial charge in [-0.2, -0.15) is 5.26 Å². The Bertz CT molecular complexity index is 278. The van der Waals surface area contributed by atoms with Crippen LogP contribution in [0.25, 0.3) is 0 Å². The van der Waals surface area contributed by atoms with Crippen molar-refractivity contribution < 1.29 is 8.42 Å². The summed E-state index contributed by atoms with van der Waals surface area (Å²) in [6.07, 6.45) is 2.19. The lowest BCUT2D eigenvalue weighted by molar-refractivity contribution is 0.583. The molecular weight excluding hydrogens is 200 g/mol. The summed E-state index contributed by atoms with van der Waals surface area (Å²) in [5, 5.41) is 8.26. The van der Waals surface area contributed by atoms with E-state index >= 15 is 0 Å². The molecule has 0 rings (SSSR count). The van der Waals surface area contributed by atoms with Crippen LogP contribution in [0.3, 0.4) is 0 Å². The molecule has 1 atom stereocenters. The number of rotatable bonds is 7. The molecule has 0 radical (unpaired) electrons. The standard InChI is InChI=1S/C9H18N2O2S/c1-9(11)5-8-14(12,13)7-4-2-3-6-10/h9H,2-5,7-8,11H2,1H3. The van der Waals surface area contributed by atoms with Crippen LogP contribution in [0.4, 0.5) is 0 Å². The van der Waals surface area contributed by atoms with Gasteiger partial charge < -0.3 is 5.73 Å². The number of unbranched alkanes of at least 4 members (excludes halogenated alkanes) is 2. The van der Waals surface area contributed by atoms with Crippen LogP contribution in [-0.2, 0) is 9.84 Å². The minimum atomic E-state index is -2.95. The fraction of sp³-hybridized carbons (Fsp3) is 0.889. The van der Waals surface area contributed by atoms with Crippen molar-refractivity contribution in [3.05, 3.63) is 0 Å². The number of sulfone groups is 1. The average molecular weight is 218 g/mol. The van der Waals surface area contributed by atoms with Crippen LogP contribution in [0.2, 0.25) is 0 Å². The smallest absolute Gasteiger partial charge is 0.150 e. The van der Waals surface area contributed by atoms with Gasteiger partial charge >= 0.3 is 0 Å². The van der Waals surface area contributed by atoms with Crippen LogP contribution in [0.1, 0.15) is 32.6 Å². The zero-order valence-electron chi connectivity index (χ0n) is 8.57. The molecule has 4 nitrogen and oxygen atoms in total. The van der Waals surface area contributed by atoms with Crippen LogP contribution in [-0.4, -0.2) is 26.0 Å². The minimum Gasteiger partial charge on any atom is -0.328 e. The van der Waals surface area contributed by atoms with Crippen molar-refractivity contribution in [2.24, 2.45) is 5.73 Å². The van der Waals surface area contributed by atoms with Crippen molar-refractivity contribution in [3.8, 4) is 6.07 Å². The Hall–Kier alpha value is -0.600. The molecule has 0 aromatic rings. The summed E-state index contributed by atoms with van der Waals surface area (Å²) in [4.78, 5) is 0. The van der Waals surface area contributed by atoms with E-state index in [1.54, 1.807) is 6.92 Å². The highest BCUT2D eigenvalue weighted by Gasteiger charge is 2.10. The van der Waals surface area contributed by atoms with E-state index < -0.39 is 9.84 Å². The summed E-state index contributed by atoms with van der Waals surface area (Å²) in [6, 6.07) is 1.92. The van der Waals surface area contributed by atoms with Gasteiger partial charge in [0.1, 0.15) is 9.84 Å². The van der Waals surface area contributed by atoms with Gasteiger partial charge in [0.05, 0.1) is 17.6 Å². The fourth-order valence-corrected chi connectivity index (χ4v) is 2.57. The molecule has 0 aromatic heterocycles. The predicted octanol–water partition coefficient (Wildman–Crippen LogP) is 0.832. The van der Waals surface area contributed by atoms with Crippen LogP contribution in [0.5, 0.6) is 0 Å². The first-order chi connectivity index (χ1) is 6.48. The van der Waals surface area contributed by atoms with Gasteiger partial charge in [-0.1, -0.05) is 0 Å². The molecule has 14 heavy (non-hydrogen) atoms. The topological polar surface area (TPSA) is 84.0 Å². The van der Waals surface area contributed by atoms with E-state index in [-0.39, 0.29) is 17.5 Å². The molecule has 0 saturated heterocycles. The van der Waals surface area contributed by atoms with Crippen molar-refractivity contribution >= 4 is 9.84 Å². The second kappa shape index (κ2) is 6.80. The largest absolute Gasteiger partial charge is 0.328 e. The quantitative estimate of drug-likeness (QED) is 0.641. The number of nitriles is 1. The first-order valence-corrected chi connectivity index (χ1v) is 6.63. The molecular formula is C9H18N2O2S. The van der Waals surface area contributed by atoms with E-state index in [2.05, 4.69) is 0 Å². The van der Waals surface area contributed by atoms with Crippen LogP contribution in [0, 0.1) is 11.3 Å². The lowest BCUT2D eigenvalue weighted by Crippen LogP contribution is -2.21. The molecule has 0 aromatic carbocycles. The van der Waals surface area contributed by atoms with Crippen molar-refractivity contribution in [1.82, 2.24) is 0 Å². The highest BCUT2D eigenvalue weighted by Crippen LogP contribution is 2.02. The number of hydrogen-bond acceptors (Lipinski definition) is 4. The summed E-state index contributed by atoms with van der Waals surface area (Å²) in [6.45, 7) is 1.80. The molecule has 0 aliphatic heterocycles. The monoisotopic (exact) mass is 218 g/mol. The minimum absolute atomic E-state index is 0.0658. The maximum atomic E-state index is 11.4. The summed E-state index contributed by atoms with van der Waals surface area (Å²) >= 11 is 0. The van der Waals surface area contributed by atoms with Gasteiger partial charge in [0, 0.05) is 12.5 Å². The van der Waals surface area contributed by atoms with Gasteiger partial charge in [-0.3, -0.25) is 0 Å². The van der Waals surface area contributed by atoms with Crippen molar-refractivity contribution in [3.63, 3.8) is 0 Å². The molecule has 1 unspecified atom stereocenters. The first kappa shape index (κ1) is 13.4. The Balaban J connectivity index is 3.69. The van der Waals surface area contributed by atoms with Gasteiger partial charge in [-0.25, -0.2) is 8.42 Å². The molecule has 5 heteroatoms. The molecule has 0 fully saturated rings. The molecule has 0 aliphatic rings. The molecule has 0 saturated carbocycles. The van der Waals surface area contributed by atoms with E-state index in [1.807, 2.05) is 6.07 Å². The Labute approximate surface area is 86.0 Å². The predicted molar refractivity (Wildman–Crippen MR) is 56.4 cm³/mol. The maximum absolute atomic E-state index is 11.4. The average Bonchev–Trinajstić information content (AvgIpc) is 2.10. The zero-order chi connectivity index (χ0) is 11.0. The molecule has 0 bridgehead atoms. The van der Waals surface area contributed by atoms with Gasteiger partial charge in [-0.05, 0) is 26.2 Å². The number of hydrogen-bond donors (Lipinski definition) is 1. The second-order valence-electron chi connectivity index (χ2n) is 3.53. The lowest BCUT2D eigenvalue weighted by Gasteiger charge is -2.05. The second-order valence-corrected chi connectivity index (χ2v) is 5.84. The summed E-state index contributed by atoms with van der Waals surface area (Å²) in [7, 11) is -2.95. The number of nitrogens with two attached hydrogens (primary N) is 1. The van der Waals surface area contributed by atoms with E-state index in [9.17, 15) is 8.42 Å². The zero-order valence-corrected chi connectivity index (χ0v) is 9.39. The van der Waals surface area contributed by atoms with Crippen LogP contribution < -0.4 is 5.73 Å². The lowest BCUT2D eigenvalue weighted by atomic mass is 10.3. The van der Waals surface area contributed by atoms with Crippen LogP contribution in [0.15, 0.2) is 0 Å². The third kappa shape index (κ3) is 8.02. The maximum Gasteiger partial charge on any atom is 0.150 e. The van der Waals surface area contributed by atoms with Crippen molar-refractivity contribution in [1.29, 1.82) is 5.26 Å². The molecule has 82 valence electrons. The molecule has 0 spiro atoms. The normalized spacial score (nSPS) is 13.5. The summed E-state index contributed by atoms with van der Waals surface area (Å²) in [5.74, 6) is 0.346. The first-order valence-electron chi connectivity index (χ1n) is 4.81. The third-order valence-electron chi connectivity index (χ3n) is 1.88. The number of nitrogens with zero attached hydrogens (tertiary/aromatic N) is 1. The van der Waals surface area contributed by atoms with Gasteiger partial charge in [0.15, 0.2) is 0 Å². The van der Waals surface area contributed by atoms with E-state index in [1.165, 1.54) is 0 Å². The van der Waals surface area contributed by atoms with Gasteiger partial charge in [-0.15, -0.1) is 0 Å². The van der Waals surface area contributed by atoms with Crippen molar-refractivity contribution in [2.45, 2.75) is 38.6 Å². The van der Waals surface area contributed by atoms with E-state index in [0.29, 0.717) is 25.7 Å². The van der Waals surface area contributed by atoms with Crippen LogP contribution >= 0.6 is 0 Å². The highest BCUT2D eigenvalue weighted by molar-refractivity contribution is 7.91. The van der Waals surface area contributed by atoms with Gasteiger partial charge in [0.2, 0.25) is 0 Å². The van der Waals surface area contributed by atoms with Crippen molar-refractivity contribution in [2.75, 3.05) is 11.5 Å². The molecule has 2 N–H and O–H groups in total. The molecule has 0 heterocycles. The van der Waals surface area contributed by atoms with E-state index in [4.69, 9.17) is 11.0 Å². The summed E-state index contributed by atoms with van der Waals surface area (Å²) < 4.78 is 22.7. The Morgan fingerprint density at radius 2 is 2.00 bits per heavy atom. The fourth-order valence-electron chi connectivity index (χ4n) is 0.994. The molecule has 0 amide bonds. The van der Waals surface area contributed by atoms with Gasteiger partial charge in [0.25, 0.3) is 0 Å². The SMILES string of the molecule is CC(N)CCS(=O)(=O)CCCCC#N. The third-order valence-corrected chi connectivity index (χ3v) is 3.65. The summed E-state index contributed by atoms with van der Waals surface area (Å²) in [5.41, 5.74) is 5.47. The van der Waals surface area contributed by atoms with E-state index in [0.717, 1.165) is 0 Å². The Kier molecular flexibility index (Phi) is 6.50. The molecule has 0 aliphatic carbocycles. The Morgan fingerprint density at radius 3 is 2.50 bits per heavy atom. The Morgan fingerprint density at radius 1 is 1.36 bits per heavy atom.